The van der Waals surface area contributed by atoms with Gasteiger partial charge in [-0.2, -0.15) is 0 Å². The molecule has 1 amide bonds. The first kappa shape index (κ1) is 39.9. The van der Waals surface area contributed by atoms with Gasteiger partial charge >= 0.3 is 0 Å². The zero-order chi connectivity index (χ0) is 35.0. The summed E-state index contributed by atoms with van der Waals surface area (Å²) in [4.78, 5) is 15.7. The Hall–Kier alpha value is -1.54. The topological polar surface area (TPSA) is 57.2 Å². The van der Waals surface area contributed by atoms with E-state index in [0.29, 0.717) is 10.7 Å². The molecule has 3 atom stereocenters. The number of thiocarbonyl (C=S) groups is 1. The van der Waals surface area contributed by atoms with Crippen LogP contribution in [0.2, 0.25) is 36.3 Å². The van der Waals surface area contributed by atoms with E-state index < -0.39 is 16.6 Å². The highest BCUT2D eigenvalue weighted by atomic mass is 32.2. The summed E-state index contributed by atoms with van der Waals surface area (Å²) in [5.41, 5.74) is 2.44. The Morgan fingerprint density at radius 1 is 0.915 bits per heavy atom. The van der Waals surface area contributed by atoms with Gasteiger partial charge in [-0.1, -0.05) is 108 Å². The molecule has 0 N–H and O–H groups in total. The molecule has 3 rings (SSSR count). The monoisotopic (exact) mass is 717 g/mol. The Balaban J connectivity index is 1.76. The zero-order valence-electron chi connectivity index (χ0n) is 30.7. The Morgan fingerprint density at radius 2 is 1.53 bits per heavy atom. The van der Waals surface area contributed by atoms with E-state index in [9.17, 15) is 4.79 Å². The van der Waals surface area contributed by atoms with Crippen LogP contribution in [0.5, 0.6) is 5.75 Å². The largest absolute Gasteiger partial charge is 0.544 e. The number of ether oxygens (including phenoxy) is 2. The van der Waals surface area contributed by atoms with Crippen molar-refractivity contribution in [2.45, 2.75) is 128 Å². The van der Waals surface area contributed by atoms with E-state index in [1.807, 2.05) is 23.1 Å². The molecule has 1 saturated heterocycles. The quantitative estimate of drug-likeness (QED) is 0.0974. The van der Waals surface area contributed by atoms with Crippen molar-refractivity contribution in [3.05, 3.63) is 65.7 Å². The van der Waals surface area contributed by atoms with Crippen molar-refractivity contribution in [1.29, 1.82) is 0 Å². The molecule has 0 radical (unpaired) electrons. The summed E-state index contributed by atoms with van der Waals surface area (Å²) in [5, 5.41) is 0.195. The van der Waals surface area contributed by atoms with Crippen LogP contribution in [0.3, 0.4) is 0 Å². The third kappa shape index (κ3) is 11.8. The normalized spacial score (nSPS) is 17.6. The third-order valence-corrected chi connectivity index (χ3v) is 20.5. The van der Waals surface area contributed by atoms with Crippen LogP contribution in [0.25, 0.3) is 0 Å². The van der Waals surface area contributed by atoms with E-state index in [2.05, 4.69) is 104 Å². The molecular formula is C37H59NO5S2Si2. The maximum atomic E-state index is 13.9. The minimum Gasteiger partial charge on any atom is -0.544 e. The van der Waals surface area contributed by atoms with Gasteiger partial charge in [-0.15, -0.1) is 0 Å². The standard InChI is InChI=1S/C37H59NO5S2Si2/c1-36(2,3)46(8,9)42-31-20-17-28(18-21-31)19-22-32(43-47(10,11)37(4,5)6)24-33(41-27-40-7)25-34(39)38-30(26-45-35(38)44)23-29-15-13-12-14-16-29/h12-18,20-21,30,32-33H,19,22-27H2,1-11H3/t30-,32-,33-/m0/s1. The number of thioether (sulfide) groups is 1. The SMILES string of the molecule is COCO[C@H](CC(=O)N1C(=S)SC[C@@H]1Cc1ccccc1)C[C@H](CCc1ccc(O[Si](C)(C)C(C)(C)C)cc1)O[Si](C)(C)C(C)(C)C. The fraction of sp³-hybridized carbons (Fsp3) is 0.622. The average molecular weight is 718 g/mol. The first-order chi connectivity index (χ1) is 21.8. The van der Waals surface area contributed by atoms with E-state index in [1.54, 1.807) is 18.9 Å². The maximum absolute atomic E-state index is 13.9. The van der Waals surface area contributed by atoms with Crippen molar-refractivity contribution in [2.24, 2.45) is 0 Å². The smallest absolute Gasteiger partial charge is 0.250 e. The number of benzene rings is 2. The van der Waals surface area contributed by atoms with Gasteiger partial charge in [-0.3, -0.25) is 9.69 Å². The second kappa shape index (κ2) is 16.9. The molecule has 1 heterocycles. The van der Waals surface area contributed by atoms with Gasteiger partial charge in [0.2, 0.25) is 14.2 Å². The van der Waals surface area contributed by atoms with Gasteiger partial charge in [0, 0.05) is 19.0 Å². The second-order valence-electron chi connectivity index (χ2n) is 15.9. The summed E-state index contributed by atoms with van der Waals surface area (Å²) in [6.07, 6.45) is 2.86. The van der Waals surface area contributed by atoms with Gasteiger partial charge in [0.05, 0.1) is 18.6 Å². The van der Waals surface area contributed by atoms with Crippen LogP contribution in [0.1, 0.15) is 71.9 Å². The molecule has 1 fully saturated rings. The lowest BCUT2D eigenvalue weighted by molar-refractivity contribution is -0.136. The van der Waals surface area contributed by atoms with E-state index in [0.717, 1.165) is 30.8 Å². The fourth-order valence-corrected chi connectivity index (χ4v) is 8.96. The molecule has 2 aromatic rings. The number of hydrogen-bond acceptors (Lipinski definition) is 7. The van der Waals surface area contributed by atoms with Crippen molar-refractivity contribution in [3.8, 4) is 5.75 Å². The summed E-state index contributed by atoms with van der Waals surface area (Å²) < 4.78 is 25.7. The van der Waals surface area contributed by atoms with Crippen LogP contribution in [-0.2, 0) is 31.5 Å². The minimum atomic E-state index is -2.11. The van der Waals surface area contributed by atoms with E-state index in [-0.39, 0.29) is 47.4 Å². The Morgan fingerprint density at radius 3 is 2.11 bits per heavy atom. The molecule has 1 aliphatic heterocycles. The summed E-state index contributed by atoms with van der Waals surface area (Å²) in [7, 11) is -2.40. The molecule has 1 aliphatic rings. The highest BCUT2D eigenvalue weighted by molar-refractivity contribution is 8.23. The van der Waals surface area contributed by atoms with Crippen LogP contribution in [-0.4, -0.2) is 69.7 Å². The molecule has 2 aromatic carbocycles. The van der Waals surface area contributed by atoms with Crippen molar-refractivity contribution in [1.82, 2.24) is 4.90 Å². The number of amides is 1. The molecule has 0 saturated carbocycles. The molecule has 0 unspecified atom stereocenters. The first-order valence-electron chi connectivity index (χ1n) is 16.9. The number of carbonyl (C=O) groups is 1. The maximum Gasteiger partial charge on any atom is 0.250 e. The highest BCUT2D eigenvalue weighted by Gasteiger charge is 2.41. The zero-order valence-corrected chi connectivity index (χ0v) is 34.3. The lowest BCUT2D eigenvalue weighted by Gasteiger charge is -2.40. The number of nitrogens with zero attached hydrogens (tertiary/aromatic N) is 1. The molecule has 0 bridgehead atoms. The van der Waals surface area contributed by atoms with Crippen LogP contribution in [0.15, 0.2) is 54.6 Å². The number of aryl methyl sites for hydroxylation is 1. The molecule has 6 nitrogen and oxygen atoms in total. The van der Waals surface area contributed by atoms with Gasteiger partial charge in [0.1, 0.15) is 16.9 Å². The van der Waals surface area contributed by atoms with Crippen LogP contribution < -0.4 is 4.43 Å². The average Bonchev–Trinajstić information content (AvgIpc) is 3.33. The van der Waals surface area contributed by atoms with Crippen LogP contribution in [0, 0.1) is 0 Å². The molecular weight excluding hydrogens is 659 g/mol. The summed E-state index contributed by atoms with van der Waals surface area (Å²) in [5.74, 6) is 1.75. The highest BCUT2D eigenvalue weighted by Crippen LogP contribution is 2.39. The predicted molar refractivity (Wildman–Crippen MR) is 206 cm³/mol. The Bertz CT molecular complexity index is 1290. The van der Waals surface area contributed by atoms with Crippen molar-refractivity contribution in [3.63, 3.8) is 0 Å². The van der Waals surface area contributed by atoms with Crippen molar-refractivity contribution < 1.29 is 23.1 Å². The molecule has 0 aliphatic carbocycles. The molecule has 0 aromatic heterocycles. The number of carbonyl (C=O) groups excluding carboxylic acids is 1. The van der Waals surface area contributed by atoms with Gasteiger partial charge in [0.25, 0.3) is 0 Å². The van der Waals surface area contributed by atoms with E-state index in [4.69, 9.17) is 30.5 Å². The molecule has 10 heteroatoms. The summed E-state index contributed by atoms with van der Waals surface area (Å²) >= 11 is 7.27. The minimum absolute atomic E-state index is 0.00503. The van der Waals surface area contributed by atoms with Gasteiger partial charge in [-0.05, 0) is 85.2 Å². The molecule has 262 valence electrons. The lowest BCUT2D eigenvalue weighted by atomic mass is 10.0. The Kier molecular flexibility index (Phi) is 14.4. The predicted octanol–water partition coefficient (Wildman–Crippen LogP) is 9.63. The summed E-state index contributed by atoms with van der Waals surface area (Å²) in [6.45, 7) is 22.8. The molecule has 0 spiro atoms. The van der Waals surface area contributed by atoms with Crippen LogP contribution in [0.4, 0.5) is 0 Å². The second-order valence-corrected chi connectivity index (χ2v) is 27.0. The van der Waals surface area contributed by atoms with Crippen molar-refractivity contribution in [2.75, 3.05) is 19.7 Å². The van der Waals surface area contributed by atoms with Gasteiger partial charge in [-0.25, -0.2) is 0 Å². The van der Waals surface area contributed by atoms with E-state index >= 15 is 0 Å². The van der Waals surface area contributed by atoms with Gasteiger partial charge < -0.3 is 18.3 Å². The van der Waals surface area contributed by atoms with E-state index in [1.165, 1.54) is 11.1 Å². The van der Waals surface area contributed by atoms with Crippen molar-refractivity contribution >= 4 is 50.8 Å². The Labute approximate surface area is 296 Å². The number of hydrogen-bond donors (Lipinski definition) is 0. The van der Waals surface area contributed by atoms with Crippen LogP contribution >= 0.6 is 24.0 Å². The third-order valence-electron chi connectivity index (χ3n) is 10.0. The lowest BCUT2D eigenvalue weighted by Crippen LogP contribution is -2.46. The molecule has 47 heavy (non-hydrogen) atoms. The fourth-order valence-electron chi connectivity index (χ4n) is 5.08. The van der Waals surface area contributed by atoms with Gasteiger partial charge in [0.15, 0.2) is 8.32 Å². The first-order valence-corrected chi connectivity index (χ1v) is 24.1. The summed E-state index contributed by atoms with van der Waals surface area (Å²) in [6, 6.07) is 18.9. The number of methoxy groups -OCH3 is 1. The number of rotatable bonds is 16.